The van der Waals surface area contributed by atoms with E-state index in [2.05, 4.69) is 0 Å². The fourth-order valence-electron chi connectivity index (χ4n) is 2.26. The summed E-state index contributed by atoms with van der Waals surface area (Å²) >= 11 is 0. The highest BCUT2D eigenvalue weighted by Gasteiger charge is 2.26. The molecule has 0 atom stereocenters. The second-order valence-corrected chi connectivity index (χ2v) is 7.73. The highest BCUT2D eigenvalue weighted by atomic mass is 32.2. The van der Waals surface area contributed by atoms with Crippen molar-refractivity contribution in [2.24, 2.45) is 7.05 Å². The van der Waals surface area contributed by atoms with E-state index in [-0.39, 0.29) is 10.6 Å². The van der Waals surface area contributed by atoms with E-state index in [4.69, 9.17) is 5.11 Å². The molecule has 134 valence electrons. The van der Waals surface area contributed by atoms with Gasteiger partial charge in [-0.15, -0.1) is 0 Å². The van der Waals surface area contributed by atoms with Gasteiger partial charge in [0.15, 0.2) is 0 Å². The summed E-state index contributed by atoms with van der Waals surface area (Å²) in [6, 6.07) is 9.59. The number of carbonyl (C=O) groups excluding carboxylic acids is 1. The number of sulfonamides is 1. The van der Waals surface area contributed by atoms with Crippen LogP contribution in [-0.2, 0) is 21.9 Å². The van der Waals surface area contributed by atoms with Gasteiger partial charge in [-0.3, -0.25) is 14.5 Å². The molecule has 1 N–H and O–H groups in total. The molecule has 25 heavy (non-hydrogen) atoms. The number of aromatic nitrogens is 1. The Morgan fingerprint density at radius 1 is 1.16 bits per heavy atom. The van der Waals surface area contributed by atoms with Gasteiger partial charge in [-0.2, -0.15) is 0 Å². The van der Waals surface area contributed by atoms with Gasteiger partial charge in [0, 0.05) is 33.0 Å². The Labute approximate surface area is 145 Å². The molecule has 9 heteroatoms. The van der Waals surface area contributed by atoms with Crippen molar-refractivity contribution in [1.29, 1.82) is 0 Å². The van der Waals surface area contributed by atoms with Crippen molar-refractivity contribution in [3.63, 3.8) is 0 Å². The number of para-hydroxylation sites is 1. The maximum absolute atomic E-state index is 12.8. The summed E-state index contributed by atoms with van der Waals surface area (Å²) in [5.41, 5.74) is 0.485. The molecule has 1 aromatic carbocycles. The molecule has 0 aliphatic carbocycles. The lowest BCUT2D eigenvalue weighted by Gasteiger charge is -2.21. The van der Waals surface area contributed by atoms with Crippen LogP contribution in [0.4, 0.5) is 5.69 Å². The highest BCUT2D eigenvalue weighted by Crippen LogP contribution is 2.21. The quantitative estimate of drug-likeness (QED) is 0.823. The molecule has 0 saturated carbocycles. The Bertz CT molecular complexity index is 888. The van der Waals surface area contributed by atoms with Crippen LogP contribution < -0.4 is 4.90 Å². The van der Waals surface area contributed by atoms with Crippen molar-refractivity contribution in [3.05, 3.63) is 48.3 Å². The zero-order valence-electron chi connectivity index (χ0n) is 14.1. The van der Waals surface area contributed by atoms with Gasteiger partial charge in [-0.1, -0.05) is 18.2 Å². The predicted molar refractivity (Wildman–Crippen MR) is 92.0 cm³/mol. The third kappa shape index (κ3) is 3.89. The van der Waals surface area contributed by atoms with Gasteiger partial charge in [-0.05, 0) is 18.2 Å². The van der Waals surface area contributed by atoms with Crippen molar-refractivity contribution < 1.29 is 23.1 Å². The van der Waals surface area contributed by atoms with Crippen molar-refractivity contribution in [3.8, 4) is 0 Å². The first-order valence-electron chi connectivity index (χ1n) is 7.32. The van der Waals surface area contributed by atoms with Crippen LogP contribution in [-0.4, -0.2) is 54.9 Å². The van der Waals surface area contributed by atoms with Crippen molar-refractivity contribution in [2.75, 3.05) is 25.5 Å². The van der Waals surface area contributed by atoms with E-state index >= 15 is 0 Å². The average Bonchev–Trinajstić information content (AvgIpc) is 2.95. The van der Waals surface area contributed by atoms with Crippen LogP contribution >= 0.6 is 0 Å². The zero-order valence-corrected chi connectivity index (χ0v) is 14.9. The maximum Gasteiger partial charge on any atom is 0.323 e. The molecule has 0 fully saturated rings. The molecule has 0 aliphatic heterocycles. The monoisotopic (exact) mass is 365 g/mol. The van der Waals surface area contributed by atoms with Crippen LogP contribution in [0.5, 0.6) is 0 Å². The summed E-state index contributed by atoms with van der Waals surface area (Å²) in [4.78, 5) is 25.1. The van der Waals surface area contributed by atoms with Gasteiger partial charge < -0.3 is 9.67 Å². The first-order chi connectivity index (χ1) is 11.6. The number of carboxylic acid groups (broad SMARTS) is 1. The third-order valence-corrected chi connectivity index (χ3v) is 5.36. The van der Waals surface area contributed by atoms with E-state index in [9.17, 15) is 18.0 Å². The second kappa shape index (κ2) is 7.08. The Kier molecular flexibility index (Phi) is 5.29. The molecular weight excluding hydrogens is 346 g/mol. The first-order valence-corrected chi connectivity index (χ1v) is 8.76. The van der Waals surface area contributed by atoms with E-state index in [1.54, 1.807) is 30.3 Å². The summed E-state index contributed by atoms with van der Waals surface area (Å²) in [5.74, 6) is -1.77. The second-order valence-electron chi connectivity index (χ2n) is 5.58. The minimum absolute atomic E-state index is 0.0355. The summed E-state index contributed by atoms with van der Waals surface area (Å²) in [7, 11) is 0.620. The number of amides is 1. The maximum atomic E-state index is 12.8. The summed E-state index contributed by atoms with van der Waals surface area (Å²) < 4.78 is 26.9. The summed E-state index contributed by atoms with van der Waals surface area (Å²) in [5, 5.41) is 9.11. The van der Waals surface area contributed by atoms with Crippen LogP contribution in [0.15, 0.2) is 47.5 Å². The molecule has 0 spiro atoms. The number of carbonyl (C=O) groups is 2. The highest BCUT2D eigenvalue weighted by molar-refractivity contribution is 7.89. The molecule has 0 bridgehead atoms. The number of rotatable bonds is 6. The van der Waals surface area contributed by atoms with Crippen molar-refractivity contribution in [2.45, 2.75) is 4.90 Å². The smallest absolute Gasteiger partial charge is 0.323 e. The van der Waals surface area contributed by atoms with Crippen molar-refractivity contribution in [1.82, 2.24) is 8.87 Å². The molecule has 0 aliphatic rings. The number of nitrogens with zero attached hydrogens (tertiary/aromatic N) is 3. The first kappa shape index (κ1) is 18.7. The molecule has 2 rings (SSSR count). The number of hydrogen-bond donors (Lipinski definition) is 1. The lowest BCUT2D eigenvalue weighted by molar-refractivity contribution is -0.135. The molecule has 1 amide bonds. The van der Waals surface area contributed by atoms with E-state index in [1.165, 1.54) is 38.0 Å². The van der Waals surface area contributed by atoms with Gasteiger partial charge in [0.1, 0.15) is 17.1 Å². The number of anilines is 1. The molecular formula is C16H19N3O5S. The zero-order chi connectivity index (χ0) is 18.8. The number of benzene rings is 1. The average molecular weight is 365 g/mol. The van der Waals surface area contributed by atoms with Gasteiger partial charge in [0.05, 0.1) is 0 Å². The molecule has 1 aromatic heterocycles. The Morgan fingerprint density at radius 3 is 2.28 bits per heavy atom. The standard InChI is InChI=1S/C16H19N3O5S/c1-17(2)25(23,24)13-9-14(18(3)10-13)16(22)19(11-15(20)21)12-7-5-4-6-8-12/h4-10H,11H2,1-3H3,(H,20,21). The molecule has 0 saturated heterocycles. The topological polar surface area (TPSA) is 99.9 Å². The summed E-state index contributed by atoms with van der Waals surface area (Å²) in [6.45, 7) is -0.538. The lowest BCUT2D eigenvalue weighted by Crippen LogP contribution is -2.36. The molecule has 1 heterocycles. The normalized spacial score (nSPS) is 11.5. The predicted octanol–water partition coefficient (Wildman–Crippen LogP) is 1.01. The largest absolute Gasteiger partial charge is 0.480 e. The molecule has 8 nitrogen and oxygen atoms in total. The minimum atomic E-state index is -3.70. The Balaban J connectivity index is 2.47. The van der Waals surface area contributed by atoms with Crippen LogP contribution in [0.1, 0.15) is 10.5 Å². The van der Waals surface area contributed by atoms with Crippen molar-refractivity contribution >= 4 is 27.6 Å². The number of carboxylic acids is 1. The fraction of sp³-hybridized carbons (Fsp3) is 0.250. The third-order valence-electron chi connectivity index (χ3n) is 3.58. The van der Waals surface area contributed by atoms with Gasteiger partial charge in [0.2, 0.25) is 10.0 Å². The van der Waals surface area contributed by atoms with E-state index in [0.717, 1.165) is 9.21 Å². The lowest BCUT2D eigenvalue weighted by atomic mass is 10.2. The molecule has 0 unspecified atom stereocenters. The van der Waals surface area contributed by atoms with E-state index in [1.807, 2.05) is 0 Å². The van der Waals surface area contributed by atoms with Gasteiger partial charge in [0.25, 0.3) is 5.91 Å². The van der Waals surface area contributed by atoms with E-state index < -0.39 is 28.4 Å². The number of aliphatic carboxylic acids is 1. The van der Waals surface area contributed by atoms with Gasteiger partial charge >= 0.3 is 5.97 Å². The SMILES string of the molecule is CN(C)S(=O)(=O)c1cc(C(=O)N(CC(=O)O)c2ccccc2)n(C)c1. The van der Waals surface area contributed by atoms with Gasteiger partial charge in [-0.25, -0.2) is 12.7 Å². The fourth-order valence-corrected chi connectivity index (χ4v) is 3.23. The van der Waals surface area contributed by atoms with E-state index in [0.29, 0.717) is 5.69 Å². The van der Waals surface area contributed by atoms with Crippen LogP contribution in [0, 0.1) is 0 Å². The minimum Gasteiger partial charge on any atom is -0.480 e. The summed E-state index contributed by atoms with van der Waals surface area (Å²) in [6.07, 6.45) is 1.33. The Hall–Kier alpha value is -2.65. The van der Waals surface area contributed by atoms with Crippen LogP contribution in [0.2, 0.25) is 0 Å². The number of hydrogen-bond acceptors (Lipinski definition) is 4. The Morgan fingerprint density at radius 2 is 1.76 bits per heavy atom. The van der Waals surface area contributed by atoms with Crippen LogP contribution in [0.3, 0.4) is 0 Å². The molecule has 0 radical (unpaired) electrons. The van der Waals surface area contributed by atoms with Crippen LogP contribution in [0.25, 0.3) is 0 Å². The molecule has 2 aromatic rings. The number of aryl methyl sites for hydroxylation is 1.